The van der Waals surface area contributed by atoms with Gasteiger partial charge in [0.2, 0.25) is 0 Å². The van der Waals surface area contributed by atoms with Crippen LogP contribution in [0.2, 0.25) is 10.0 Å². The van der Waals surface area contributed by atoms with Crippen molar-refractivity contribution in [2.24, 2.45) is 7.05 Å². The van der Waals surface area contributed by atoms with E-state index in [9.17, 15) is 9.90 Å². The number of amides is 1. The summed E-state index contributed by atoms with van der Waals surface area (Å²) >= 11 is 12.6. The number of aromatic nitrogens is 4. The summed E-state index contributed by atoms with van der Waals surface area (Å²) in [5.41, 5.74) is 2.91. The largest absolute Gasteiger partial charge is 0.374 e. The van der Waals surface area contributed by atoms with Crippen molar-refractivity contribution in [3.8, 4) is 11.1 Å². The van der Waals surface area contributed by atoms with Gasteiger partial charge in [0.25, 0.3) is 5.91 Å². The molecule has 0 fully saturated rings. The lowest BCUT2D eigenvalue weighted by Gasteiger charge is -2.30. The Labute approximate surface area is 246 Å². The van der Waals surface area contributed by atoms with Crippen molar-refractivity contribution >= 4 is 45.8 Å². The van der Waals surface area contributed by atoms with E-state index in [1.807, 2.05) is 43.4 Å². The van der Waals surface area contributed by atoms with Gasteiger partial charge in [-0.25, -0.2) is 9.97 Å². The third-order valence-electron chi connectivity index (χ3n) is 6.98. The number of carbonyl (C=O) groups excluding carboxylic acids is 1. The number of hydrogen-bond acceptors (Lipinski definition) is 5. The molecule has 6 aromatic rings. The van der Waals surface area contributed by atoms with E-state index in [0.29, 0.717) is 43.8 Å². The highest BCUT2D eigenvalue weighted by molar-refractivity contribution is 6.31. The molecule has 3 aromatic carbocycles. The summed E-state index contributed by atoms with van der Waals surface area (Å²) in [6, 6.07) is 25.3. The maximum Gasteiger partial charge on any atom is 0.258 e. The molecule has 3 heterocycles. The molecule has 0 radical (unpaired) electrons. The maximum atomic E-state index is 12.9. The fourth-order valence-electron chi connectivity index (χ4n) is 4.95. The van der Waals surface area contributed by atoms with E-state index < -0.39 is 5.60 Å². The number of rotatable bonds is 6. The molecule has 0 aliphatic heterocycles. The molecule has 7 nitrogen and oxygen atoms in total. The molecule has 0 aliphatic carbocycles. The standard InChI is InChI=1S/C32H23Cl2N5O2/c1-39-19-36-18-29(39)32(41,22-7-10-24(33)11-8-22)23-9-12-28-27(15-23)26(20-4-2-6-25(34)14-20)16-30(37-28)38-31(40)21-5-3-13-35-17-21/h2-19,41H,1H3,(H,37,38,40). The van der Waals surface area contributed by atoms with Crippen molar-refractivity contribution in [2.75, 3.05) is 5.32 Å². The topological polar surface area (TPSA) is 92.9 Å². The highest BCUT2D eigenvalue weighted by Crippen LogP contribution is 2.40. The Hall–Kier alpha value is -4.56. The second-order valence-electron chi connectivity index (χ2n) is 9.60. The van der Waals surface area contributed by atoms with Gasteiger partial charge in [-0.1, -0.05) is 53.5 Å². The molecular formula is C32H23Cl2N5O2. The number of anilines is 1. The molecule has 9 heteroatoms. The SMILES string of the molecule is Cn1cncc1C(O)(c1ccc(Cl)cc1)c1ccc2nc(NC(=O)c3cccnc3)cc(-c3cccc(Cl)c3)c2c1. The predicted octanol–water partition coefficient (Wildman–Crippen LogP) is 6.87. The molecule has 41 heavy (non-hydrogen) atoms. The number of hydrogen-bond donors (Lipinski definition) is 2. The summed E-state index contributed by atoms with van der Waals surface area (Å²) in [7, 11) is 1.83. The summed E-state index contributed by atoms with van der Waals surface area (Å²) in [4.78, 5) is 25.9. The molecule has 0 saturated heterocycles. The molecule has 202 valence electrons. The Kier molecular flexibility index (Phi) is 7.01. The number of benzene rings is 3. The first kappa shape index (κ1) is 26.7. The quantitative estimate of drug-likeness (QED) is 0.224. The van der Waals surface area contributed by atoms with Crippen LogP contribution in [0, 0.1) is 0 Å². The van der Waals surface area contributed by atoms with Crippen molar-refractivity contribution in [2.45, 2.75) is 5.60 Å². The van der Waals surface area contributed by atoms with Crippen LogP contribution in [0.15, 0.2) is 110 Å². The third kappa shape index (κ3) is 5.07. The van der Waals surface area contributed by atoms with Crippen molar-refractivity contribution in [3.05, 3.63) is 142 Å². The first-order valence-electron chi connectivity index (χ1n) is 12.7. The summed E-state index contributed by atoms with van der Waals surface area (Å²) in [5, 5.41) is 17.2. The minimum absolute atomic E-state index is 0.327. The van der Waals surface area contributed by atoms with Crippen molar-refractivity contribution in [3.63, 3.8) is 0 Å². The summed E-state index contributed by atoms with van der Waals surface area (Å²) in [5.74, 6) is 0.0422. The van der Waals surface area contributed by atoms with Gasteiger partial charge in [-0.2, -0.15) is 0 Å². The minimum Gasteiger partial charge on any atom is -0.374 e. The number of aliphatic hydroxyl groups is 1. The van der Waals surface area contributed by atoms with Crippen LogP contribution in [0.3, 0.4) is 0 Å². The minimum atomic E-state index is -1.55. The van der Waals surface area contributed by atoms with E-state index in [-0.39, 0.29) is 5.91 Å². The normalized spacial score (nSPS) is 12.7. The lowest BCUT2D eigenvalue weighted by molar-refractivity contribution is 0.102. The second-order valence-corrected chi connectivity index (χ2v) is 10.5. The van der Waals surface area contributed by atoms with Gasteiger partial charge in [-0.15, -0.1) is 0 Å². The molecule has 1 unspecified atom stereocenters. The molecule has 0 bridgehead atoms. The van der Waals surface area contributed by atoms with E-state index in [1.54, 1.807) is 71.8 Å². The van der Waals surface area contributed by atoms with Crippen LogP contribution in [0.4, 0.5) is 5.82 Å². The van der Waals surface area contributed by atoms with Gasteiger partial charge in [0, 0.05) is 34.9 Å². The fraction of sp³-hybridized carbons (Fsp3) is 0.0625. The fourth-order valence-corrected chi connectivity index (χ4v) is 5.27. The molecule has 1 amide bonds. The Morgan fingerprint density at radius 1 is 0.878 bits per heavy atom. The summed E-state index contributed by atoms with van der Waals surface area (Å²) in [6.07, 6.45) is 6.40. The van der Waals surface area contributed by atoms with E-state index in [4.69, 9.17) is 28.2 Å². The molecule has 0 aliphatic rings. The van der Waals surface area contributed by atoms with Crippen molar-refractivity contribution < 1.29 is 9.90 Å². The van der Waals surface area contributed by atoms with E-state index in [1.165, 1.54) is 6.20 Å². The number of pyridine rings is 2. The molecule has 0 spiro atoms. The van der Waals surface area contributed by atoms with E-state index in [2.05, 4.69) is 15.3 Å². The van der Waals surface area contributed by atoms with Crippen LogP contribution < -0.4 is 5.32 Å². The number of carbonyl (C=O) groups is 1. The average molecular weight is 580 g/mol. The molecule has 1 atom stereocenters. The first-order chi connectivity index (χ1) is 19.8. The van der Waals surface area contributed by atoms with Crippen LogP contribution in [-0.4, -0.2) is 30.5 Å². The summed E-state index contributed by atoms with van der Waals surface area (Å²) < 4.78 is 1.78. The highest BCUT2D eigenvalue weighted by Gasteiger charge is 2.37. The number of fused-ring (bicyclic) bond motifs is 1. The predicted molar refractivity (Wildman–Crippen MR) is 161 cm³/mol. The van der Waals surface area contributed by atoms with Gasteiger partial charge in [0.15, 0.2) is 5.60 Å². The lowest BCUT2D eigenvalue weighted by Crippen LogP contribution is -2.31. The third-order valence-corrected chi connectivity index (χ3v) is 7.46. The van der Waals surface area contributed by atoms with Crippen LogP contribution in [0.25, 0.3) is 22.0 Å². The van der Waals surface area contributed by atoms with E-state index in [0.717, 1.165) is 16.5 Å². The number of nitrogens with one attached hydrogen (secondary N) is 1. The molecular weight excluding hydrogens is 557 g/mol. The van der Waals surface area contributed by atoms with Gasteiger partial charge in [0.1, 0.15) is 5.82 Å². The lowest BCUT2D eigenvalue weighted by atomic mass is 9.82. The molecule has 3 aromatic heterocycles. The zero-order chi connectivity index (χ0) is 28.6. The van der Waals surface area contributed by atoms with Gasteiger partial charge >= 0.3 is 0 Å². The Morgan fingerprint density at radius 2 is 1.68 bits per heavy atom. The smallest absolute Gasteiger partial charge is 0.258 e. The number of imidazole rings is 1. The zero-order valence-corrected chi connectivity index (χ0v) is 23.3. The first-order valence-corrected chi connectivity index (χ1v) is 13.5. The number of halogens is 2. The van der Waals surface area contributed by atoms with Crippen molar-refractivity contribution in [1.82, 2.24) is 19.5 Å². The zero-order valence-electron chi connectivity index (χ0n) is 21.8. The van der Waals surface area contributed by atoms with Gasteiger partial charge in [-0.05, 0) is 76.9 Å². The Morgan fingerprint density at radius 3 is 2.39 bits per heavy atom. The maximum absolute atomic E-state index is 12.9. The molecule has 6 rings (SSSR count). The Balaban J connectivity index is 1.55. The number of nitrogens with zero attached hydrogens (tertiary/aromatic N) is 4. The summed E-state index contributed by atoms with van der Waals surface area (Å²) in [6.45, 7) is 0. The van der Waals surface area contributed by atoms with Gasteiger partial charge < -0.3 is 15.0 Å². The van der Waals surface area contributed by atoms with Crippen LogP contribution in [-0.2, 0) is 12.6 Å². The number of aryl methyl sites for hydroxylation is 1. The average Bonchev–Trinajstić information content (AvgIpc) is 3.43. The van der Waals surface area contributed by atoms with Gasteiger partial charge in [-0.3, -0.25) is 9.78 Å². The van der Waals surface area contributed by atoms with Crippen LogP contribution in [0.5, 0.6) is 0 Å². The second kappa shape index (κ2) is 10.8. The monoisotopic (exact) mass is 579 g/mol. The molecule has 2 N–H and O–H groups in total. The van der Waals surface area contributed by atoms with Gasteiger partial charge in [0.05, 0.1) is 29.3 Å². The highest BCUT2D eigenvalue weighted by atomic mass is 35.5. The van der Waals surface area contributed by atoms with Crippen LogP contribution in [0.1, 0.15) is 27.2 Å². The Bertz CT molecular complexity index is 1890. The van der Waals surface area contributed by atoms with Crippen molar-refractivity contribution in [1.29, 1.82) is 0 Å². The van der Waals surface area contributed by atoms with E-state index >= 15 is 0 Å². The van der Waals surface area contributed by atoms with Crippen LogP contribution >= 0.6 is 23.2 Å². The molecule has 0 saturated carbocycles.